The fourth-order valence-corrected chi connectivity index (χ4v) is 10.9. The highest BCUT2D eigenvalue weighted by Gasteiger charge is 2.71. The fourth-order valence-electron chi connectivity index (χ4n) is 10.9. The highest BCUT2D eigenvalue weighted by molar-refractivity contribution is 5.96. The maximum Gasteiger partial charge on any atom is 0.312 e. The number of rotatable bonds is 1. The van der Waals surface area contributed by atoms with Crippen LogP contribution in [0.2, 0.25) is 0 Å². The normalized spacial score (nSPS) is 49.1. The van der Waals surface area contributed by atoms with Crippen LogP contribution in [0.25, 0.3) is 0 Å². The van der Waals surface area contributed by atoms with Crippen molar-refractivity contribution in [1.29, 1.82) is 0 Å². The number of methoxy groups -OCH3 is 1. The molecule has 8 atom stereocenters. The van der Waals surface area contributed by atoms with Gasteiger partial charge in [0.05, 0.1) is 12.5 Å². The minimum atomic E-state index is -0.510. The van der Waals surface area contributed by atoms with Gasteiger partial charge in [-0.2, -0.15) is 0 Å². The summed E-state index contributed by atoms with van der Waals surface area (Å²) in [5.41, 5.74) is 2.30. The van der Waals surface area contributed by atoms with Crippen LogP contribution in [0.4, 0.5) is 0 Å². The summed E-state index contributed by atoms with van der Waals surface area (Å²) in [7, 11) is 1.53. The quantitative estimate of drug-likeness (QED) is 0.274. The van der Waals surface area contributed by atoms with E-state index in [1.165, 1.54) is 24.7 Å². The molecule has 0 radical (unpaired) electrons. The molecule has 0 unspecified atom stereocenters. The second kappa shape index (κ2) is 7.60. The average Bonchev–Trinajstić information content (AvgIpc) is 2.78. The first-order valence-corrected chi connectivity index (χ1v) is 14.5. The van der Waals surface area contributed by atoms with Crippen LogP contribution < -0.4 is 0 Å². The van der Waals surface area contributed by atoms with E-state index in [1.807, 2.05) is 0 Å². The van der Waals surface area contributed by atoms with Gasteiger partial charge in [0.1, 0.15) is 0 Å². The molecule has 200 valence electrons. The van der Waals surface area contributed by atoms with E-state index >= 15 is 0 Å². The zero-order valence-corrected chi connectivity index (χ0v) is 24.5. The number of ether oxygens (including phenoxy) is 1. The number of hydrogen-bond acceptors (Lipinski definition) is 3. The van der Waals surface area contributed by atoms with Crippen molar-refractivity contribution < 1.29 is 14.3 Å². The van der Waals surface area contributed by atoms with Crippen molar-refractivity contribution in [3.05, 3.63) is 23.8 Å². The average molecular weight is 495 g/mol. The molecule has 0 aromatic heterocycles. The Kier molecular flexibility index (Phi) is 5.54. The third-order valence-corrected chi connectivity index (χ3v) is 13.5. The summed E-state index contributed by atoms with van der Waals surface area (Å²) in [5, 5.41) is 0. The van der Waals surface area contributed by atoms with Crippen molar-refractivity contribution in [2.45, 2.75) is 107 Å². The van der Waals surface area contributed by atoms with Crippen LogP contribution in [0.5, 0.6) is 0 Å². The van der Waals surface area contributed by atoms with E-state index in [0.717, 1.165) is 44.9 Å². The molecule has 0 N–H and O–H groups in total. The molecule has 4 fully saturated rings. The van der Waals surface area contributed by atoms with Gasteiger partial charge in [-0.05, 0) is 102 Å². The zero-order valence-electron chi connectivity index (χ0n) is 24.5. The van der Waals surface area contributed by atoms with Gasteiger partial charge in [0.15, 0.2) is 5.78 Å². The zero-order chi connectivity index (χ0) is 26.7. The van der Waals surface area contributed by atoms with Crippen molar-refractivity contribution in [1.82, 2.24) is 0 Å². The molecule has 4 saturated carbocycles. The van der Waals surface area contributed by atoms with Gasteiger partial charge < -0.3 is 4.74 Å². The molecule has 0 saturated heterocycles. The maximum atomic E-state index is 14.4. The predicted molar refractivity (Wildman–Crippen MR) is 145 cm³/mol. The molecule has 0 spiro atoms. The molecule has 0 aromatic rings. The Balaban J connectivity index is 1.66. The SMILES string of the molecule is C=C1C[C@]2(C)C3=CC(=O)[C@@H]4[C@@H]5CC(C)(C)CC[C@]5(C(=O)OC)CC[C@@]4(C)[C@]3(C)CC[C@H]2C(C)(C)[C@H]1C. The van der Waals surface area contributed by atoms with Gasteiger partial charge in [-0.25, -0.2) is 0 Å². The number of carbonyl (C=O) groups excluding carboxylic acids is 2. The minimum absolute atomic E-state index is 0.0353. The van der Waals surface area contributed by atoms with Crippen LogP contribution in [-0.4, -0.2) is 18.9 Å². The Hall–Kier alpha value is -1.38. The van der Waals surface area contributed by atoms with Crippen molar-refractivity contribution in [2.75, 3.05) is 7.11 Å². The third kappa shape index (κ3) is 3.04. The summed E-state index contributed by atoms with van der Waals surface area (Å²) in [6.45, 7) is 23.7. The Labute approximate surface area is 219 Å². The first-order valence-electron chi connectivity index (χ1n) is 14.5. The van der Waals surface area contributed by atoms with Gasteiger partial charge in [0.25, 0.3) is 0 Å². The van der Waals surface area contributed by atoms with E-state index in [4.69, 9.17) is 4.74 Å². The lowest BCUT2D eigenvalue weighted by Crippen LogP contribution is -2.66. The second-order valence-corrected chi connectivity index (χ2v) is 15.7. The van der Waals surface area contributed by atoms with E-state index < -0.39 is 5.41 Å². The molecular weight excluding hydrogens is 444 g/mol. The number of fused-ring (bicyclic) bond motifs is 7. The fraction of sp³-hybridized carbons (Fsp3) is 0.818. The number of allylic oxidation sites excluding steroid dienone is 3. The summed E-state index contributed by atoms with van der Waals surface area (Å²) < 4.78 is 5.45. The molecule has 3 heteroatoms. The summed E-state index contributed by atoms with van der Waals surface area (Å²) in [6, 6.07) is 0. The van der Waals surface area contributed by atoms with Crippen molar-refractivity contribution >= 4 is 11.8 Å². The van der Waals surface area contributed by atoms with E-state index in [0.29, 0.717) is 11.8 Å². The molecule has 0 aliphatic heterocycles. The summed E-state index contributed by atoms with van der Waals surface area (Å²) in [5.74, 6) is 1.18. The Morgan fingerprint density at radius 2 is 1.64 bits per heavy atom. The smallest absolute Gasteiger partial charge is 0.312 e. The predicted octanol–water partition coefficient (Wildman–Crippen LogP) is 7.94. The first kappa shape index (κ1) is 26.2. The second-order valence-electron chi connectivity index (χ2n) is 15.7. The van der Waals surface area contributed by atoms with Crippen molar-refractivity contribution in [3.63, 3.8) is 0 Å². The lowest BCUT2D eigenvalue weighted by atomic mass is 9.33. The lowest BCUT2D eigenvalue weighted by molar-refractivity contribution is -0.192. The molecule has 0 bridgehead atoms. The van der Waals surface area contributed by atoms with E-state index in [9.17, 15) is 9.59 Å². The van der Waals surface area contributed by atoms with Gasteiger partial charge >= 0.3 is 5.97 Å². The Morgan fingerprint density at radius 1 is 1.00 bits per heavy atom. The molecule has 5 aliphatic rings. The highest BCUT2D eigenvalue weighted by atomic mass is 16.5. The summed E-state index contributed by atoms with van der Waals surface area (Å²) in [4.78, 5) is 27.8. The van der Waals surface area contributed by atoms with Crippen molar-refractivity contribution in [2.24, 2.45) is 56.2 Å². The topological polar surface area (TPSA) is 43.4 Å². The molecule has 5 aliphatic carbocycles. The standard InChI is InChI=1S/C33H50O3/c1-20-18-30(7)24(29(5,6)21(20)2)11-12-31(8)25(30)17-23(34)26-22-19-28(3,4)13-15-33(22,27(35)36-10)16-14-32(26,31)9/h17,21-22,24,26H,1,11-16,18-19H2,2-10H3/t21-,22-,24-,26-,30-,31+,32+,33-/m0/s1. The van der Waals surface area contributed by atoms with Gasteiger partial charge in [0.2, 0.25) is 0 Å². The summed E-state index contributed by atoms with van der Waals surface area (Å²) >= 11 is 0. The maximum absolute atomic E-state index is 14.4. The number of hydrogen-bond donors (Lipinski definition) is 0. The molecule has 3 nitrogen and oxygen atoms in total. The molecule has 0 amide bonds. The van der Waals surface area contributed by atoms with Gasteiger partial charge in [-0.1, -0.05) is 73.1 Å². The van der Waals surface area contributed by atoms with Crippen LogP contribution in [-0.2, 0) is 14.3 Å². The molecule has 36 heavy (non-hydrogen) atoms. The van der Waals surface area contributed by atoms with E-state index in [1.54, 1.807) is 0 Å². The molecule has 0 aromatic carbocycles. The minimum Gasteiger partial charge on any atom is -0.469 e. The Morgan fingerprint density at radius 3 is 2.28 bits per heavy atom. The van der Waals surface area contributed by atoms with Crippen LogP contribution >= 0.6 is 0 Å². The lowest BCUT2D eigenvalue weighted by Gasteiger charge is -2.70. The van der Waals surface area contributed by atoms with Crippen LogP contribution in [0.15, 0.2) is 23.8 Å². The van der Waals surface area contributed by atoms with Gasteiger partial charge in [-0.3, -0.25) is 9.59 Å². The van der Waals surface area contributed by atoms with Crippen LogP contribution in [0.3, 0.4) is 0 Å². The van der Waals surface area contributed by atoms with Crippen LogP contribution in [0.1, 0.15) is 107 Å². The van der Waals surface area contributed by atoms with Crippen LogP contribution in [0, 0.1) is 56.2 Å². The number of ketones is 1. The van der Waals surface area contributed by atoms with E-state index in [2.05, 4.69) is 68.0 Å². The molecule has 0 heterocycles. The highest BCUT2D eigenvalue weighted by Crippen LogP contribution is 2.75. The number of esters is 1. The van der Waals surface area contributed by atoms with Gasteiger partial charge in [-0.15, -0.1) is 0 Å². The monoisotopic (exact) mass is 494 g/mol. The molecular formula is C33H50O3. The van der Waals surface area contributed by atoms with E-state index in [-0.39, 0.29) is 50.7 Å². The van der Waals surface area contributed by atoms with Crippen molar-refractivity contribution in [3.8, 4) is 0 Å². The number of carbonyl (C=O) groups is 2. The third-order valence-electron chi connectivity index (χ3n) is 13.5. The first-order chi connectivity index (χ1) is 16.5. The molecule has 5 rings (SSSR count). The van der Waals surface area contributed by atoms with Gasteiger partial charge in [0, 0.05) is 5.92 Å². The largest absolute Gasteiger partial charge is 0.469 e. The Bertz CT molecular complexity index is 1050. The summed E-state index contributed by atoms with van der Waals surface area (Å²) in [6.07, 6.45) is 9.97.